The van der Waals surface area contributed by atoms with Gasteiger partial charge < -0.3 is 18.0 Å². The normalized spacial score (nSPS) is 12.1. The van der Waals surface area contributed by atoms with Crippen LogP contribution in [0.1, 0.15) is 0 Å². The topological polar surface area (TPSA) is 36.1 Å². The molecule has 4 aromatic heterocycles. The van der Waals surface area contributed by atoms with Crippen molar-refractivity contribution in [3.63, 3.8) is 0 Å². The van der Waals surface area contributed by atoms with Gasteiger partial charge in [0, 0.05) is 65.0 Å². The summed E-state index contributed by atoms with van der Waals surface area (Å²) < 4.78 is 17.8. The van der Waals surface area contributed by atoms with E-state index in [9.17, 15) is 0 Å². The van der Waals surface area contributed by atoms with Gasteiger partial charge in [-0.05, 0) is 126 Å². The fourth-order valence-corrected chi connectivity index (χ4v) is 14.9. The Bertz CT molecular complexity index is 6050. The van der Waals surface area contributed by atoms with Crippen molar-refractivity contribution in [3.05, 3.63) is 303 Å². The maximum absolute atomic E-state index is 6.43. The van der Waals surface area contributed by atoms with Crippen molar-refractivity contribution in [3.8, 4) is 33.6 Å². The summed E-state index contributed by atoms with van der Waals surface area (Å²) >= 11 is 0. The van der Waals surface area contributed by atoms with Gasteiger partial charge in [-0.3, -0.25) is 0 Å². The summed E-state index contributed by atoms with van der Waals surface area (Å²) in [5.74, 6) is 0. The van der Waals surface area contributed by atoms with E-state index in [1.807, 2.05) is 24.3 Å². The molecule has 0 amide bonds. The first-order valence-electron chi connectivity index (χ1n) is 30.2. The molecule has 4 heterocycles. The van der Waals surface area contributed by atoms with E-state index in [2.05, 4.69) is 288 Å². The molecule has 0 saturated carbocycles. The van der Waals surface area contributed by atoms with E-state index in [0.29, 0.717) is 0 Å². The Hall–Kier alpha value is -11.7. The fraction of sp³-hybridized carbons (Fsp3) is 0. The molecular weight excluding hydrogens is 1070 g/mol. The molecule has 0 N–H and O–H groups in total. The lowest BCUT2D eigenvalue weighted by Gasteiger charge is -2.16. The van der Waals surface area contributed by atoms with Gasteiger partial charge in [0.25, 0.3) is 0 Å². The van der Waals surface area contributed by atoms with Crippen LogP contribution in [0.15, 0.2) is 312 Å². The summed E-state index contributed by atoms with van der Waals surface area (Å²) in [4.78, 5) is 0. The van der Waals surface area contributed by atoms with Gasteiger partial charge >= 0.3 is 0 Å². The van der Waals surface area contributed by atoms with Crippen molar-refractivity contribution in [2.24, 2.45) is 0 Å². The minimum atomic E-state index is 0.920. The lowest BCUT2D eigenvalue weighted by molar-refractivity contribution is 0.669. The van der Waals surface area contributed by atoms with E-state index in [1.54, 1.807) is 0 Å². The number of aromatic nitrogens is 2. The van der Waals surface area contributed by atoms with Gasteiger partial charge in [-0.15, -0.1) is 0 Å². The molecule has 0 unspecified atom stereocenters. The van der Waals surface area contributed by atoms with Crippen LogP contribution >= 0.6 is 0 Å². The van der Waals surface area contributed by atoms with E-state index in [-0.39, 0.29) is 0 Å². The van der Waals surface area contributed by atoms with Gasteiger partial charge in [-0.25, -0.2) is 0 Å². The van der Waals surface area contributed by atoms with E-state index < -0.39 is 0 Å². The molecule has 0 radical (unpaired) electrons. The molecule has 20 rings (SSSR count). The molecule has 0 saturated heterocycles. The predicted octanol–water partition coefficient (Wildman–Crippen LogP) is 23.6. The first-order chi connectivity index (χ1) is 43.7. The summed E-state index contributed by atoms with van der Waals surface area (Å²) in [5.41, 5.74) is 15.4. The Morgan fingerprint density at radius 2 is 0.591 bits per heavy atom. The maximum Gasteiger partial charge on any atom is 0.143 e. The summed E-state index contributed by atoms with van der Waals surface area (Å²) in [7, 11) is 0. The quantitative estimate of drug-likeness (QED) is 0.165. The van der Waals surface area contributed by atoms with Crippen LogP contribution in [0.3, 0.4) is 0 Å². The first-order valence-corrected chi connectivity index (χ1v) is 30.2. The molecule has 0 aliphatic heterocycles. The van der Waals surface area contributed by atoms with E-state index in [0.717, 1.165) is 66.1 Å². The molecule has 0 spiro atoms. The van der Waals surface area contributed by atoms with Crippen molar-refractivity contribution in [2.45, 2.75) is 0 Å². The van der Waals surface area contributed by atoms with Gasteiger partial charge in [0.05, 0.1) is 33.4 Å². The summed E-state index contributed by atoms with van der Waals surface area (Å²) in [6.45, 7) is 0. The average Bonchev–Trinajstić information content (AvgIpc) is 1.49. The van der Waals surface area contributed by atoms with Crippen molar-refractivity contribution in [1.82, 2.24) is 9.13 Å². The second-order valence-electron chi connectivity index (χ2n) is 23.3. The molecule has 20 aromatic rings. The standard InChI is InChI=1S/2C42H25NO/c1-2-12-30-28(11-1)29-13-3-4-16-33(29)41-34(30)18-10-21-39(41)43-37-20-7-5-14-31(37)36-25-26(23-24-38(36)43)27-17-9-19-35-32-15-6-8-22-40(32)44-42(27)35;1-2-11-28-26(10-1)20-22-31-30-12-3-4-13-32(30)40(25-36(28)31)43-38-18-7-5-14-33(38)37-24-27(21-23-39(37)43)29-16-9-17-35-34-15-6-8-19-41(34)44-42(29)35/h2*1-25H. The van der Waals surface area contributed by atoms with Crippen LogP contribution in [0, 0.1) is 0 Å². The second kappa shape index (κ2) is 18.9. The van der Waals surface area contributed by atoms with Gasteiger partial charge in [-0.1, -0.05) is 243 Å². The number of furan rings is 2. The predicted molar refractivity (Wildman–Crippen MR) is 372 cm³/mol. The number of para-hydroxylation sites is 6. The monoisotopic (exact) mass is 1120 g/mol. The fourth-order valence-electron chi connectivity index (χ4n) is 14.9. The van der Waals surface area contributed by atoms with E-state index in [4.69, 9.17) is 8.83 Å². The van der Waals surface area contributed by atoms with Crippen molar-refractivity contribution in [1.29, 1.82) is 0 Å². The zero-order valence-electron chi connectivity index (χ0n) is 47.6. The van der Waals surface area contributed by atoms with Gasteiger partial charge in [0.15, 0.2) is 0 Å². The smallest absolute Gasteiger partial charge is 0.143 e. The Morgan fingerprint density at radius 1 is 0.205 bits per heavy atom. The minimum absolute atomic E-state index is 0.920. The molecule has 0 fully saturated rings. The second-order valence-corrected chi connectivity index (χ2v) is 23.3. The number of hydrogen-bond acceptors (Lipinski definition) is 2. The van der Waals surface area contributed by atoms with Crippen LogP contribution in [-0.2, 0) is 0 Å². The number of rotatable bonds is 4. The van der Waals surface area contributed by atoms with Crippen LogP contribution in [0.2, 0.25) is 0 Å². The third-order valence-electron chi connectivity index (χ3n) is 18.7. The molecule has 0 aliphatic rings. The summed E-state index contributed by atoms with van der Waals surface area (Å²) in [5, 5.41) is 24.8. The average molecular weight is 1120 g/mol. The van der Waals surface area contributed by atoms with Gasteiger partial charge in [0.2, 0.25) is 0 Å². The van der Waals surface area contributed by atoms with Crippen LogP contribution in [0.5, 0.6) is 0 Å². The van der Waals surface area contributed by atoms with Crippen LogP contribution < -0.4 is 0 Å². The van der Waals surface area contributed by atoms with Crippen molar-refractivity contribution in [2.75, 3.05) is 0 Å². The zero-order chi connectivity index (χ0) is 57.6. The van der Waals surface area contributed by atoms with Crippen LogP contribution in [0.4, 0.5) is 0 Å². The molecule has 0 atom stereocenters. The number of fused-ring (bicyclic) bond motifs is 23. The molecule has 88 heavy (non-hydrogen) atoms. The van der Waals surface area contributed by atoms with Crippen LogP contribution in [-0.4, -0.2) is 9.13 Å². The Labute approximate surface area is 504 Å². The Kier molecular flexibility index (Phi) is 10.4. The highest BCUT2D eigenvalue weighted by atomic mass is 16.3. The zero-order valence-corrected chi connectivity index (χ0v) is 47.6. The van der Waals surface area contributed by atoms with Gasteiger partial charge in [0.1, 0.15) is 22.3 Å². The maximum atomic E-state index is 6.43. The van der Waals surface area contributed by atoms with Crippen molar-refractivity contribution < 1.29 is 8.83 Å². The third kappa shape index (κ3) is 7.08. The number of benzene rings is 16. The number of nitrogens with zero attached hydrogens (tertiary/aromatic N) is 2. The summed E-state index contributed by atoms with van der Waals surface area (Å²) in [6.07, 6.45) is 0. The first kappa shape index (κ1) is 48.6. The van der Waals surface area contributed by atoms with Crippen LogP contribution in [0.25, 0.3) is 186 Å². The third-order valence-corrected chi connectivity index (χ3v) is 18.7. The lowest BCUT2D eigenvalue weighted by atomic mass is 9.93. The van der Waals surface area contributed by atoms with E-state index in [1.165, 1.54) is 120 Å². The highest BCUT2D eigenvalue weighted by Crippen LogP contribution is 2.46. The molecule has 16 aromatic carbocycles. The molecule has 408 valence electrons. The SMILES string of the molecule is c1ccc2c(c1)ccc1c3ccccc3c(-n3c4ccccc4c4cc(-c5cccc6c5oc5ccccc56)ccc43)cc21.c1ccc2c(c1)oc1c(-c3ccc4c(c3)c3ccccc3n4-c3cccc4c5ccccc5c5ccccc5c34)cccc12. The van der Waals surface area contributed by atoms with Crippen molar-refractivity contribution >= 4 is 152 Å². The minimum Gasteiger partial charge on any atom is -0.455 e. The molecule has 0 bridgehead atoms. The number of hydrogen-bond donors (Lipinski definition) is 0. The molecule has 4 heteroatoms. The molecule has 0 aliphatic carbocycles. The highest BCUT2D eigenvalue weighted by Gasteiger charge is 2.22. The molecule has 4 nitrogen and oxygen atoms in total. The van der Waals surface area contributed by atoms with E-state index >= 15 is 0 Å². The van der Waals surface area contributed by atoms with Gasteiger partial charge in [-0.2, -0.15) is 0 Å². The largest absolute Gasteiger partial charge is 0.455 e. The highest BCUT2D eigenvalue weighted by molar-refractivity contribution is 6.28. The Balaban J connectivity index is 0.000000128. The Morgan fingerprint density at radius 3 is 1.16 bits per heavy atom. The summed E-state index contributed by atoms with van der Waals surface area (Å²) in [6, 6.07) is 110. The lowest BCUT2D eigenvalue weighted by Crippen LogP contribution is -1.96. The molecular formula is C84H50N2O2.